The van der Waals surface area contributed by atoms with E-state index in [1.165, 1.54) is 12.3 Å². The number of hydrogen-bond donors (Lipinski definition) is 0. The van der Waals surface area contributed by atoms with Crippen molar-refractivity contribution in [1.29, 1.82) is 5.26 Å². The summed E-state index contributed by atoms with van der Waals surface area (Å²) in [6.07, 6.45) is 12.0. The van der Waals surface area contributed by atoms with Crippen molar-refractivity contribution in [3.8, 4) is 166 Å². The molecule has 638 valence electrons. The Morgan fingerprint density at radius 1 is 0.307 bits per heavy atom. The molecule has 34 heteroatoms. The fourth-order valence-corrected chi connectivity index (χ4v) is 12.6. The second-order valence-electron chi connectivity index (χ2n) is 27.6. The quantitative estimate of drug-likeness (QED) is 0.0678. The third-order valence-corrected chi connectivity index (χ3v) is 19.4. The van der Waals surface area contributed by atoms with E-state index in [4.69, 9.17) is 84.0 Å². The molecule has 0 aliphatic rings. The molecule has 0 saturated carbocycles. The summed E-state index contributed by atoms with van der Waals surface area (Å²) in [5.41, 5.74) is 17.3. The van der Waals surface area contributed by atoms with Crippen LogP contribution < -0.4 is 28.4 Å². The Morgan fingerprint density at radius 3 is 0.984 bits per heavy atom. The van der Waals surface area contributed by atoms with Crippen LogP contribution in [0, 0.1) is 65.7 Å². The first-order valence-electron chi connectivity index (χ1n) is 38.6. The minimum atomic E-state index is -0.593. The molecule has 0 atom stereocenters. The number of benzene rings is 7. The maximum Gasteiger partial charge on any atom is 0.259 e. The van der Waals surface area contributed by atoms with Crippen LogP contribution in [0.15, 0.2) is 253 Å². The SMILES string of the molecule is COc1cc(-c2noc(-c3cc(Cl)nc(Cl)c3)n2)ccc1C.COc1cc(-c2noc(-c3ccc(C#N)c(C)c3)n2)ccc1C.COc1cc(-c2noc(-c3ccnc(F)c3)n2)ccc1C.COc1cc(-c2noc(-c3ccncc3)n2)ccc1C.COc1cc(-c2noc(-c3ccnnc3)n2)ccc1C.COc1cc(-c2noc(Cc3ccncc3)n2)ccc1C. The van der Waals surface area contributed by atoms with E-state index in [0.29, 0.717) is 87.5 Å². The molecule has 11 aromatic heterocycles. The number of aryl methyl sites for hydroxylation is 7. The zero-order valence-corrected chi connectivity index (χ0v) is 72.1. The molecular weight excluding hydrogens is 1670 g/mol. The van der Waals surface area contributed by atoms with E-state index < -0.39 is 5.95 Å². The monoisotopic (exact) mass is 1740 g/mol. The Balaban J connectivity index is 0.000000130. The van der Waals surface area contributed by atoms with E-state index >= 15 is 0 Å². The van der Waals surface area contributed by atoms with Crippen LogP contribution in [0.1, 0.15) is 56.0 Å². The van der Waals surface area contributed by atoms with E-state index in [9.17, 15) is 4.39 Å². The number of methoxy groups -OCH3 is 6. The first-order chi connectivity index (χ1) is 61.7. The van der Waals surface area contributed by atoms with Gasteiger partial charge in [0.2, 0.25) is 46.8 Å². The molecule has 18 aromatic rings. The Hall–Kier alpha value is -16.1. The molecule has 0 fully saturated rings. The van der Waals surface area contributed by atoms with Crippen molar-refractivity contribution in [3.05, 3.63) is 298 Å². The smallest absolute Gasteiger partial charge is 0.259 e. The molecule has 11 heterocycles. The number of ether oxygens (including phenoxy) is 6. The van der Waals surface area contributed by atoms with Crippen molar-refractivity contribution in [2.45, 2.75) is 54.9 Å². The Kier molecular flexibility index (Phi) is 29.4. The van der Waals surface area contributed by atoms with Crippen LogP contribution in [0.25, 0.3) is 126 Å². The van der Waals surface area contributed by atoms with Crippen LogP contribution in [0.4, 0.5) is 4.39 Å². The zero-order valence-electron chi connectivity index (χ0n) is 70.6. The van der Waals surface area contributed by atoms with Gasteiger partial charge in [-0.15, -0.1) is 0 Å². The average molecular weight is 1740 g/mol. The molecule has 0 aliphatic heterocycles. The van der Waals surface area contributed by atoms with Crippen molar-refractivity contribution in [2.75, 3.05) is 42.7 Å². The Bertz CT molecular complexity index is 6630. The summed E-state index contributed by atoms with van der Waals surface area (Å²) in [7, 11) is 9.79. The molecule has 0 unspecified atom stereocenters. The van der Waals surface area contributed by atoms with Crippen LogP contribution >= 0.6 is 23.2 Å². The van der Waals surface area contributed by atoms with Gasteiger partial charge in [-0.2, -0.15) is 49.8 Å². The highest BCUT2D eigenvalue weighted by Crippen LogP contribution is 2.35. The van der Waals surface area contributed by atoms with Gasteiger partial charge in [0.1, 0.15) is 44.8 Å². The topological polar surface area (TPSA) is 390 Å². The Morgan fingerprint density at radius 2 is 0.630 bits per heavy atom. The van der Waals surface area contributed by atoms with E-state index in [0.717, 1.165) is 129 Å². The fraction of sp³-hybridized carbons (Fsp3) is 0.151. The largest absolute Gasteiger partial charge is 0.496 e. The first kappa shape index (κ1) is 88.6. The molecule has 0 spiro atoms. The van der Waals surface area contributed by atoms with Crippen molar-refractivity contribution in [3.63, 3.8) is 0 Å². The second-order valence-corrected chi connectivity index (χ2v) is 28.4. The first-order valence-corrected chi connectivity index (χ1v) is 39.4. The highest BCUT2D eigenvalue weighted by Gasteiger charge is 2.21. The highest BCUT2D eigenvalue weighted by molar-refractivity contribution is 6.32. The number of aromatic nitrogens is 18. The maximum absolute atomic E-state index is 13.1. The van der Waals surface area contributed by atoms with Gasteiger partial charge in [0.25, 0.3) is 29.5 Å². The lowest BCUT2D eigenvalue weighted by molar-refractivity contribution is 0.385. The number of nitriles is 1. The molecule has 31 nitrogen and oxygen atoms in total. The summed E-state index contributed by atoms with van der Waals surface area (Å²) in [4.78, 5) is 41.6. The van der Waals surface area contributed by atoms with Gasteiger partial charge in [0.05, 0.1) is 78.7 Å². The minimum Gasteiger partial charge on any atom is -0.496 e. The highest BCUT2D eigenvalue weighted by atomic mass is 35.5. The molecule has 0 saturated heterocycles. The predicted molar refractivity (Wildman–Crippen MR) is 469 cm³/mol. The van der Waals surface area contributed by atoms with E-state index in [1.54, 1.807) is 116 Å². The van der Waals surface area contributed by atoms with Crippen molar-refractivity contribution in [2.24, 2.45) is 0 Å². The fourth-order valence-electron chi connectivity index (χ4n) is 12.1. The van der Waals surface area contributed by atoms with Crippen LogP contribution in [0.5, 0.6) is 34.5 Å². The number of nitrogens with zero attached hydrogens (tertiary/aromatic N) is 19. The second kappa shape index (κ2) is 42.1. The molecule has 0 radical (unpaired) electrons. The number of pyridine rings is 4. The Labute approximate surface area is 736 Å². The summed E-state index contributed by atoms with van der Waals surface area (Å²) in [6, 6.07) is 57.4. The molecule has 0 N–H and O–H groups in total. The third kappa shape index (κ3) is 22.8. The summed E-state index contributed by atoms with van der Waals surface area (Å²) in [5, 5.41) is 41.0. The van der Waals surface area contributed by atoms with E-state index in [-0.39, 0.29) is 16.2 Å². The summed E-state index contributed by atoms with van der Waals surface area (Å²) >= 11 is 11.8. The van der Waals surface area contributed by atoms with Gasteiger partial charge in [0.15, 0.2) is 0 Å². The lowest BCUT2D eigenvalue weighted by Crippen LogP contribution is -1.90. The normalized spacial score (nSPS) is 10.5. The molecular formula is C93H78Cl2FN19O12. The standard InChI is InChI=1S/C18H15N3O2.C16H15N3O2.C15H11Cl2N3O2.C15H12FN3O2.C15H13N3O2.C14H12N4O2/c1-11-4-5-13(9-16(11)22-3)17-20-18(23-21-17)14-6-7-15(10-19)12(2)8-14;1-11-3-4-13(10-14(11)20-2)16-18-15(21-19-16)9-12-5-7-17-8-6-12;1-8-3-4-9(5-11(8)21-2)14-19-15(22-20-14)10-6-12(16)18-13(17)7-10;1-9-3-4-10(7-12(9)20-2)14-18-15(21-19-14)11-5-6-17-13(16)8-11;1-10-3-4-12(9-13(10)19-2)14-17-15(20-18-14)11-5-7-16-8-6-11;1-9-3-4-10(7-12(9)19-2)13-17-14(20-18-13)11-5-6-15-16-8-11/h4-9H,1-3H3;3-8,10H,9H2,1-2H3;3-7H,1-2H3;3-8H,1-2H3;3-9H,1-2H3;3-8H,1-2H3. The lowest BCUT2D eigenvalue weighted by Gasteiger charge is -2.04. The maximum atomic E-state index is 13.1. The van der Waals surface area contributed by atoms with E-state index in [2.05, 4.69) is 97.0 Å². The molecule has 0 amide bonds. The van der Waals surface area contributed by atoms with Crippen molar-refractivity contribution >= 4 is 23.2 Å². The van der Waals surface area contributed by atoms with Crippen LogP contribution in [0.3, 0.4) is 0 Å². The zero-order chi connectivity index (χ0) is 89.5. The van der Waals surface area contributed by atoms with Gasteiger partial charge in [-0.05, 0) is 196 Å². The molecule has 0 aliphatic carbocycles. The van der Waals surface area contributed by atoms with Gasteiger partial charge < -0.3 is 55.6 Å². The third-order valence-electron chi connectivity index (χ3n) is 19.0. The van der Waals surface area contributed by atoms with Crippen molar-refractivity contribution in [1.82, 2.24) is 91.0 Å². The number of hydrogen-bond acceptors (Lipinski definition) is 31. The van der Waals surface area contributed by atoms with Crippen LogP contribution in [0.2, 0.25) is 10.3 Å². The van der Waals surface area contributed by atoms with Gasteiger partial charge in [-0.25, -0.2) is 9.97 Å². The van der Waals surface area contributed by atoms with Crippen LogP contribution in [-0.2, 0) is 6.42 Å². The number of halogens is 3. The molecule has 127 heavy (non-hydrogen) atoms. The van der Waals surface area contributed by atoms with Gasteiger partial charge in [-0.3, -0.25) is 9.97 Å². The van der Waals surface area contributed by atoms with Gasteiger partial charge in [-0.1, -0.05) is 127 Å². The lowest BCUT2D eigenvalue weighted by atomic mass is 10.1. The molecule has 0 bridgehead atoms. The van der Waals surface area contributed by atoms with Gasteiger partial charge >= 0.3 is 0 Å². The minimum absolute atomic E-state index is 0.242. The predicted octanol–water partition coefficient (Wildman–Crippen LogP) is 20.2. The summed E-state index contributed by atoms with van der Waals surface area (Å²) in [5.74, 6) is 9.54. The molecule has 18 rings (SSSR count). The van der Waals surface area contributed by atoms with Crippen molar-refractivity contribution < 1.29 is 60.0 Å². The van der Waals surface area contributed by atoms with Gasteiger partial charge in [0, 0.05) is 92.7 Å². The average Bonchev–Trinajstić information content (AvgIpc) is 1.70. The summed E-state index contributed by atoms with van der Waals surface area (Å²) in [6.45, 7) is 13.7. The number of rotatable bonds is 19. The van der Waals surface area contributed by atoms with E-state index in [1.807, 2.05) is 188 Å². The molecule has 7 aromatic carbocycles. The summed E-state index contributed by atoms with van der Waals surface area (Å²) < 4.78 is 76.5. The van der Waals surface area contributed by atoms with Crippen LogP contribution in [-0.4, -0.2) is 134 Å².